The minimum absolute atomic E-state index is 0.0916. The Labute approximate surface area is 146 Å². The van der Waals surface area contributed by atoms with Gasteiger partial charge in [0.2, 0.25) is 0 Å². The second-order valence-electron chi connectivity index (χ2n) is 5.41. The second kappa shape index (κ2) is 8.06. The fourth-order valence-corrected chi connectivity index (χ4v) is 4.53. The van der Waals surface area contributed by atoms with Gasteiger partial charge in [-0.25, -0.2) is 8.42 Å². The molecular weight excluding hydrogens is 348 g/mol. The number of rotatable bonds is 7. The third-order valence-corrected chi connectivity index (χ3v) is 6.36. The van der Waals surface area contributed by atoms with Crippen LogP contribution in [-0.4, -0.2) is 30.5 Å². The fourth-order valence-electron chi connectivity index (χ4n) is 2.56. The molecule has 10 heteroatoms. The summed E-state index contributed by atoms with van der Waals surface area (Å²) in [5, 5.41) is 10.7. The molecule has 0 saturated heterocycles. The Bertz CT molecular complexity index is 809. The summed E-state index contributed by atoms with van der Waals surface area (Å²) in [4.78, 5) is 25.7. The van der Waals surface area contributed by atoms with Crippen LogP contribution in [0.15, 0.2) is 22.0 Å². The third-order valence-electron chi connectivity index (χ3n) is 3.88. The van der Waals surface area contributed by atoms with Crippen LogP contribution in [0.3, 0.4) is 0 Å². The Morgan fingerprint density at radius 2 is 1.80 bits per heavy atom. The molecule has 0 aromatic heterocycles. The van der Waals surface area contributed by atoms with Crippen molar-refractivity contribution >= 4 is 27.4 Å². The Morgan fingerprint density at radius 1 is 1.24 bits per heavy atom. The lowest BCUT2D eigenvalue weighted by molar-refractivity contribution is -0.387. The van der Waals surface area contributed by atoms with E-state index in [1.807, 2.05) is 0 Å². The lowest BCUT2D eigenvalue weighted by Crippen LogP contribution is -2.25. The first-order valence-electron chi connectivity index (χ1n) is 7.79. The number of aryl methyl sites for hydroxylation is 1. The van der Waals surface area contributed by atoms with Gasteiger partial charge in [0.1, 0.15) is 4.90 Å². The number of nitro benzene ring substituents is 1. The summed E-state index contributed by atoms with van der Waals surface area (Å²) < 4.78 is 25.6. The zero-order valence-corrected chi connectivity index (χ0v) is 15.2. The quantitative estimate of drug-likeness (QED) is 0.318. The zero-order chi connectivity index (χ0) is 19.4. The van der Waals surface area contributed by atoms with Gasteiger partial charge in [-0.3, -0.25) is 14.9 Å². The molecule has 1 amide bonds. The normalized spacial score (nSPS) is 11.4. The summed E-state index contributed by atoms with van der Waals surface area (Å²) in [6.45, 7) is 5.10. The molecule has 0 atom stereocenters. The molecule has 138 valence electrons. The van der Waals surface area contributed by atoms with Crippen molar-refractivity contribution in [3.05, 3.63) is 33.4 Å². The first-order valence-corrected chi connectivity index (χ1v) is 9.33. The van der Waals surface area contributed by atoms with Gasteiger partial charge in [0.05, 0.1) is 15.7 Å². The van der Waals surface area contributed by atoms with E-state index in [2.05, 4.69) is 4.99 Å². The molecule has 0 aliphatic rings. The van der Waals surface area contributed by atoms with Gasteiger partial charge in [0, 0.05) is 6.07 Å². The highest BCUT2D eigenvalue weighted by Gasteiger charge is 2.33. The SMILES string of the molecule is CCc1cc(S(=O)(=O)C(CC)CC)c([N+](=O)[O-])cc1C(=O)N=C(N)N. The van der Waals surface area contributed by atoms with Gasteiger partial charge >= 0.3 is 0 Å². The number of nitrogens with two attached hydrogens (primary N) is 2. The number of nitrogens with zero attached hydrogens (tertiary/aromatic N) is 2. The smallest absolute Gasteiger partial charge is 0.288 e. The summed E-state index contributed by atoms with van der Waals surface area (Å²) in [5.74, 6) is -1.34. The molecule has 1 aromatic carbocycles. The molecule has 1 rings (SSSR count). The number of carbonyl (C=O) groups excluding carboxylic acids is 1. The molecule has 0 saturated carbocycles. The van der Waals surface area contributed by atoms with Gasteiger partial charge in [-0.15, -0.1) is 0 Å². The van der Waals surface area contributed by atoms with Crippen LogP contribution in [0, 0.1) is 10.1 Å². The van der Waals surface area contributed by atoms with E-state index in [4.69, 9.17) is 11.5 Å². The minimum Gasteiger partial charge on any atom is -0.370 e. The molecule has 0 heterocycles. The van der Waals surface area contributed by atoms with Crippen molar-refractivity contribution < 1.29 is 18.1 Å². The Kier molecular flexibility index (Phi) is 6.63. The lowest BCUT2D eigenvalue weighted by Gasteiger charge is -2.15. The highest BCUT2D eigenvalue weighted by molar-refractivity contribution is 7.92. The molecule has 4 N–H and O–H groups in total. The average molecular weight is 370 g/mol. The lowest BCUT2D eigenvalue weighted by atomic mass is 10.0. The summed E-state index contributed by atoms with van der Waals surface area (Å²) in [7, 11) is -3.91. The standard InChI is InChI=1S/C15H22N4O5S/c1-4-9-7-13(25(23,24)10(5-2)6-3)12(19(21)22)8-11(9)14(20)18-15(16)17/h7-8,10H,4-6H2,1-3H3,(H4,16,17,18,20). The molecule has 25 heavy (non-hydrogen) atoms. The highest BCUT2D eigenvalue weighted by atomic mass is 32.2. The zero-order valence-electron chi connectivity index (χ0n) is 14.4. The molecule has 0 fully saturated rings. The van der Waals surface area contributed by atoms with Gasteiger partial charge in [-0.1, -0.05) is 20.8 Å². The molecular formula is C15H22N4O5S. The van der Waals surface area contributed by atoms with Crippen LogP contribution in [0.2, 0.25) is 0 Å². The molecule has 9 nitrogen and oxygen atoms in total. The average Bonchev–Trinajstić information content (AvgIpc) is 2.53. The van der Waals surface area contributed by atoms with Crippen molar-refractivity contribution in [2.24, 2.45) is 16.5 Å². The number of sulfone groups is 1. The van der Waals surface area contributed by atoms with E-state index in [1.165, 1.54) is 6.07 Å². The third kappa shape index (κ3) is 4.32. The Morgan fingerprint density at radius 3 is 2.20 bits per heavy atom. The molecule has 0 aliphatic heterocycles. The van der Waals surface area contributed by atoms with Crippen LogP contribution >= 0.6 is 0 Å². The topological polar surface area (TPSA) is 159 Å². The maximum absolute atomic E-state index is 12.8. The molecule has 0 aliphatic carbocycles. The van der Waals surface area contributed by atoms with Crippen LogP contribution in [0.4, 0.5) is 5.69 Å². The van der Waals surface area contributed by atoms with E-state index < -0.39 is 37.6 Å². The van der Waals surface area contributed by atoms with Crippen molar-refractivity contribution in [2.45, 2.75) is 50.2 Å². The van der Waals surface area contributed by atoms with Crippen LogP contribution in [0.25, 0.3) is 0 Å². The van der Waals surface area contributed by atoms with Crippen molar-refractivity contribution in [1.82, 2.24) is 0 Å². The monoisotopic (exact) mass is 370 g/mol. The number of carbonyl (C=O) groups is 1. The minimum atomic E-state index is -3.91. The van der Waals surface area contributed by atoms with Crippen LogP contribution in [0.5, 0.6) is 0 Å². The van der Waals surface area contributed by atoms with E-state index in [-0.39, 0.29) is 16.9 Å². The second-order valence-corrected chi connectivity index (χ2v) is 7.61. The largest absolute Gasteiger partial charge is 0.370 e. The number of hydrogen-bond donors (Lipinski definition) is 2. The summed E-state index contributed by atoms with van der Waals surface area (Å²) in [5.41, 5.74) is 9.92. The fraction of sp³-hybridized carbons (Fsp3) is 0.467. The molecule has 0 radical (unpaired) electrons. The number of nitro groups is 1. The van der Waals surface area contributed by atoms with E-state index in [1.54, 1.807) is 20.8 Å². The maximum atomic E-state index is 12.8. The molecule has 0 spiro atoms. The molecule has 0 unspecified atom stereocenters. The Hall–Kier alpha value is -2.49. The number of aliphatic imine (C=N–C) groups is 1. The number of hydrogen-bond acceptors (Lipinski definition) is 5. The van der Waals surface area contributed by atoms with E-state index in [0.717, 1.165) is 6.07 Å². The van der Waals surface area contributed by atoms with Crippen molar-refractivity contribution in [2.75, 3.05) is 0 Å². The van der Waals surface area contributed by atoms with Crippen LogP contribution in [-0.2, 0) is 16.3 Å². The predicted molar refractivity (Wildman–Crippen MR) is 94.2 cm³/mol. The van der Waals surface area contributed by atoms with E-state index >= 15 is 0 Å². The number of benzene rings is 1. The summed E-state index contributed by atoms with van der Waals surface area (Å²) >= 11 is 0. The predicted octanol–water partition coefficient (Wildman–Crippen LogP) is 1.53. The van der Waals surface area contributed by atoms with Crippen molar-refractivity contribution in [3.63, 3.8) is 0 Å². The van der Waals surface area contributed by atoms with Crippen LogP contribution < -0.4 is 11.5 Å². The van der Waals surface area contributed by atoms with E-state index in [9.17, 15) is 23.3 Å². The van der Waals surface area contributed by atoms with Gasteiger partial charge < -0.3 is 11.5 Å². The van der Waals surface area contributed by atoms with Gasteiger partial charge in [0.15, 0.2) is 15.8 Å². The van der Waals surface area contributed by atoms with Gasteiger partial charge in [0.25, 0.3) is 11.6 Å². The summed E-state index contributed by atoms with van der Waals surface area (Å²) in [6.07, 6.45) is 0.933. The summed E-state index contributed by atoms with van der Waals surface area (Å²) in [6, 6.07) is 2.12. The first-order chi connectivity index (χ1) is 11.6. The number of amides is 1. The molecule has 0 bridgehead atoms. The van der Waals surface area contributed by atoms with E-state index in [0.29, 0.717) is 18.4 Å². The molecule has 1 aromatic rings. The van der Waals surface area contributed by atoms with Crippen molar-refractivity contribution in [3.8, 4) is 0 Å². The van der Waals surface area contributed by atoms with Crippen LogP contribution in [0.1, 0.15) is 49.5 Å². The number of guanidine groups is 1. The highest BCUT2D eigenvalue weighted by Crippen LogP contribution is 2.32. The maximum Gasteiger partial charge on any atom is 0.288 e. The Balaban J connectivity index is 3.75. The van der Waals surface area contributed by atoms with Crippen molar-refractivity contribution in [1.29, 1.82) is 0 Å². The van der Waals surface area contributed by atoms with Gasteiger partial charge in [-0.2, -0.15) is 4.99 Å². The first kappa shape index (κ1) is 20.6. The van der Waals surface area contributed by atoms with Gasteiger partial charge in [-0.05, 0) is 30.9 Å².